The fourth-order valence-corrected chi connectivity index (χ4v) is 3.49. The molecule has 1 aliphatic rings. The van der Waals surface area contributed by atoms with Gasteiger partial charge in [0, 0.05) is 18.8 Å². The number of urea groups is 1. The van der Waals surface area contributed by atoms with Crippen LogP contribution in [0, 0.1) is 11.8 Å². The predicted octanol–water partition coefficient (Wildman–Crippen LogP) is 3.41. The zero-order valence-electron chi connectivity index (χ0n) is 17.8. The fourth-order valence-electron chi connectivity index (χ4n) is 3.49. The summed E-state index contributed by atoms with van der Waals surface area (Å²) in [5, 5.41) is 5.32. The Balaban J connectivity index is 1.83. The number of benzene rings is 1. The molecule has 0 radical (unpaired) electrons. The third kappa shape index (κ3) is 7.07. The van der Waals surface area contributed by atoms with Gasteiger partial charge in [0.2, 0.25) is 0 Å². The van der Waals surface area contributed by atoms with Crippen LogP contribution in [0.1, 0.15) is 46.5 Å². The van der Waals surface area contributed by atoms with Crippen molar-refractivity contribution in [3.8, 4) is 0 Å². The normalized spacial score (nSPS) is 19.9. The molecule has 0 aliphatic heterocycles. The van der Waals surface area contributed by atoms with E-state index in [1.54, 1.807) is 36.2 Å². The van der Waals surface area contributed by atoms with E-state index >= 15 is 0 Å². The van der Waals surface area contributed by atoms with Crippen LogP contribution >= 0.6 is 0 Å². The van der Waals surface area contributed by atoms with Crippen molar-refractivity contribution in [3.63, 3.8) is 0 Å². The minimum absolute atomic E-state index is 0.184. The molecule has 7 heteroatoms. The Morgan fingerprint density at radius 1 is 1.10 bits per heavy atom. The molecule has 160 valence electrons. The maximum Gasteiger partial charge on any atom is 0.329 e. The monoisotopic (exact) mass is 403 g/mol. The number of nitrogens with zero attached hydrogens (tertiary/aromatic N) is 1. The molecule has 0 bridgehead atoms. The first kappa shape index (κ1) is 22.7. The molecule has 1 aromatic carbocycles. The minimum Gasteiger partial charge on any atom is -0.454 e. The van der Waals surface area contributed by atoms with Crippen molar-refractivity contribution in [1.29, 1.82) is 0 Å². The van der Waals surface area contributed by atoms with Crippen LogP contribution in [0.15, 0.2) is 30.3 Å². The quantitative estimate of drug-likeness (QED) is 0.683. The number of nitrogens with one attached hydrogen (secondary N) is 2. The molecule has 0 heterocycles. The third-order valence-corrected chi connectivity index (χ3v) is 5.50. The molecular weight excluding hydrogens is 370 g/mol. The van der Waals surface area contributed by atoms with Gasteiger partial charge in [-0.05, 0) is 49.7 Å². The first-order valence-electron chi connectivity index (χ1n) is 10.3. The molecule has 3 amide bonds. The number of anilines is 1. The molecule has 0 saturated heterocycles. The van der Waals surface area contributed by atoms with Gasteiger partial charge in [0.05, 0.1) is 0 Å². The van der Waals surface area contributed by atoms with E-state index in [2.05, 4.69) is 17.6 Å². The largest absolute Gasteiger partial charge is 0.454 e. The zero-order valence-corrected chi connectivity index (χ0v) is 17.8. The number of hydrogen-bond donors (Lipinski definition) is 2. The molecule has 1 atom stereocenters. The van der Waals surface area contributed by atoms with Gasteiger partial charge in [-0.1, -0.05) is 39.0 Å². The van der Waals surface area contributed by atoms with Crippen LogP contribution in [0.3, 0.4) is 0 Å². The van der Waals surface area contributed by atoms with Crippen molar-refractivity contribution in [1.82, 2.24) is 10.2 Å². The number of esters is 1. The van der Waals surface area contributed by atoms with Crippen molar-refractivity contribution in [2.24, 2.45) is 11.8 Å². The second-order valence-corrected chi connectivity index (χ2v) is 8.21. The molecule has 2 N–H and O–H groups in total. The molecule has 1 aromatic rings. The third-order valence-electron chi connectivity index (χ3n) is 5.50. The average Bonchev–Trinajstić information content (AvgIpc) is 2.70. The Bertz CT molecular complexity index is 685. The summed E-state index contributed by atoms with van der Waals surface area (Å²) in [5.74, 6) is -0.305. The van der Waals surface area contributed by atoms with Gasteiger partial charge in [-0.2, -0.15) is 0 Å². The maximum atomic E-state index is 12.5. The first-order chi connectivity index (χ1) is 13.8. The van der Waals surface area contributed by atoms with Crippen molar-refractivity contribution in [2.75, 3.05) is 19.0 Å². The Morgan fingerprint density at radius 3 is 2.31 bits per heavy atom. The molecule has 0 spiro atoms. The topological polar surface area (TPSA) is 87.7 Å². The van der Waals surface area contributed by atoms with E-state index in [9.17, 15) is 14.4 Å². The summed E-state index contributed by atoms with van der Waals surface area (Å²) in [5.41, 5.74) is 0.625. The van der Waals surface area contributed by atoms with Gasteiger partial charge in [-0.3, -0.25) is 4.79 Å². The Hall–Kier alpha value is -2.57. The lowest BCUT2D eigenvalue weighted by Gasteiger charge is -2.33. The van der Waals surface area contributed by atoms with Crippen molar-refractivity contribution >= 4 is 23.6 Å². The smallest absolute Gasteiger partial charge is 0.329 e. The predicted molar refractivity (Wildman–Crippen MR) is 112 cm³/mol. The van der Waals surface area contributed by atoms with Crippen molar-refractivity contribution in [2.45, 2.75) is 58.5 Å². The van der Waals surface area contributed by atoms with Crippen LogP contribution in [-0.2, 0) is 14.3 Å². The van der Waals surface area contributed by atoms with Crippen LogP contribution in [0.5, 0.6) is 0 Å². The average molecular weight is 404 g/mol. The summed E-state index contributed by atoms with van der Waals surface area (Å²) in [6.45, 7) is 5.54. The van der Waals surface area contributed by atoms with E-state index in [-0.39, 0.29) is 24.5 Å². The van der Waals surface area contributed by atoms with Crippen LogP contribution < -0.4 is 10.6 Å². The Labute approximate surface area is 173 Å². The molecule has 0 unspecified atom stereocenters. The van der Waals surface area contributed by atoms with E-state index in [0.717, 1.165) is 25.7 Å². The first-order valence-corrected chi connectivity index (χ1v) is 10.3. The lowest BCUT2D eigenvalue weighted by molar-refractivity contribution is -0.155. The van der Waals surface area contributed by atoms with Gasteiger partial charge in [0.1, 0.15) is 6.04 Å². The van der Waals surface area contributed by atoms with Gasteiger partial charge < -0.3 is 20.3 Å². The lowest BCUT2D eigenvalue weighted by Crippen LogP contribution is -2.48. The highest BCUT2D eigenvalue weighted by Gasteiger charge is 2.29. The summed E-state index contributed by atoms with van der Waals surface area (Å²) in [7, 11) is 1.77. The molecule has 29 heavy (non-hydrogen) atoms. The molecule has 1 fully saturated rings. The summed E-state index contributed by atoms with van der Waals surface area (Å²) in [6, 6.07) is 7.83. The van der Waals surface area contributed by atoms with Crippen molar-refractivity contribution < 1.29 is 19.1 Å². The maximum absolute atomic E-state index is 12.5. The van der Waals surface area contributed by atoms with E-state index in [0.29, 0.717) is 11.6 Å². The highest BCUT2D eigenvalue weighted by molar-refractivity contribution is 5.93. The minimum atomic E-state index is -0.840. The Morgan fingerprint density at radius 2 is 1.72 bits per heavy atom. The molecule has 7 nitrogen and oxygen atoms in total. The van der Waals surface area contributed by atoms with Crippen LogP contribution in [0.25, 0.3) is 0 Å². The zero-order chi connectivity index (χ0) is 21.4. The van der Waals surface area contributed by atoms with Crippen molar-refractivity contribution in [3.05, 3.63) is 30.3 Å². The number of hydrogen-bond acceptors (Lipinski definition) is 4. The van der Waals surface area contributed by atoms with Gasteiger partial charge in [0.15, 0.2) is 6.61 Å². The lowest BCUT2D eigenvalue weighted by atomic mass is 9.87. The van der Waals surface area contributed by atoms with Gasteiger partial charge in [-0.25, -0.2) is 9.59 Å². The van der Waals surface area contributed by atoms with E-state index in [1.165, 1.54) is 0 Å². The van der Waals surface area contributed by atoms with Gasteiger partial charge >= 0.3 is 12.0 Å². The molecule has 1 aliphatic carbocycles. The number of rotatable bonds is 7. The van der Waals surface area contributed by atoms with Gasteiger partial charge in [0.25, 0.3) is 5.91 Å². The standard InChI is InChI=1S/C22H33N3O4/c1-15(2)20(24-22(28)23-17-8-6-5-7-9-17)21(27)29-14-19(26)25(4)18-12-10-16(3)11-13-18/h5-9,15-16,18,20H,10-14H2,1-4H3,(H2,23,24,28)/t16?,18?,20-/m0/s1. The van der Waals surface area contributed by atoms with E-state index < -0.39 is 18.0 Å². The number of likely N-dealkylation sites (N-methyl/N-ethyl adjacent to an activating group) is 1. The SMILES string of the molecule is CC1CCC(N(C)C(=O)COC(=O)[C@@H](NC(=O)Nc2ccccc2)C(C)C)CC1. The second-order valence-electron chi connectivity index (χ2n) is 8.21. The van der Waals surface area contributed by atoms with E-state index in [1.807, 2.05) is 19.9 Å². The van der Waals surface area contributed by atoms with Crippen LogP contribution in [0.4, 0.5) is 10.5 Å². The summed E-state index contributed by atoms with van der Waals surface area (Å²) in [4.78, 5) is 38.8. The number of amides is 3. The number of carbonyl (C=O) groups is 3. The van der Waals surface area contributed by atoms with Gasteiger partial charge in [-0.15, -0.1) is 0 Å². The molecule has 0 aromatic heterocycles. The molecule has 1 saturated carbocycles. The summed E-state index contributed by atoms with van der Waals surface area (Å²) >= 11 is 0. The highest BCUT2D eigenvalue weighted by Crippen LogP contribution is 2.26. The second kappa shape index (κ2) is 10.8. The number of ether oxygens (including phenoxy) is 1. The Kier molecular flexibility index (Phi) is 8.49. The highest BCUT2D eigenvalue weighted by atomic mass is 16.5. The summed E-state index contributed by atoms with van der Waals surface area (Å²) < 4.78 is 5.24. The number of carbonyl (C=O) groups excluding carboxylic acids is 3. The fraction of sp³-hybridized carbons (Fsp3) is 0.591. The van der Waals surface area contributed by atoms with Crippen LogP contribution in [-0.4, -0.2) is 48.5 Å². The molecule has 2 rings (SSSR count). The van der Waals surface area contributed by atoms with E-state index in [4.69, 9.17) is 4.74 Å². The number of para-hydroxylation sites is 1. The molecular formula is C22H33N3O4. The van der Waals surface area contributed by atoms with Crippen LogP contribution in [0.2, 0.25) is 0 Å². The summed E-state index contributed by atoms with van der Waals surface area (Å²) in [6.07, 6.45) is 4.18.